The van der Waals surface area contributed by atoms with Gasteiger partial charge < -0.3 is 30.3 Å². The van der Waals surface area contributed by atoms with Gasteiger partial charge in [-0.3, -0.25) is 19.3 Å². The van der Waals surface area contributed by atoms with E-state index >= 15 is 0 Å². The molecule has 0 aliphatic carbocycles. The number of ether oxygens (including phenoxy) is 1. The molecule has 0 spiro atoms. The molecule has 0 aliphatic rings. The van der Waals surface area contributed by atoms with E-state index < -0.39 is 30.4 Å². The van der Waals surface area contributed by atoms with Crippen molar-refractivity contribution in [2.24, 2.45) is 0 Å². The van der Waals surface area contributed by atoms with E-state index in [0.717, 1.165) is 6.42 Å². The summed E-state index contributed by atoms with van der Waals surface area (Å²) in [7, 11) is 3.72. The fraction of sp³-hybridized carbons (Fsp3) is 0.714. The molecule has 0 fully saturated rings. The number of hydrogen-bond donors (Lipinski definition) is 3. The van der Waals surface area contributed by atoms with Crippen molar-refractivity contribution in [3.63, 3.8) is 0 Å². The summed E-state index contributed by atoms with van der Waals surface area (Å²) in [4.78, 5) is 43.1. The van der Waals surface area contributed by atoms with Crippen LogP contribution in [-0.4, -0.2) is 82.2 Å². The van der Waals surface area contributed by atoms with Crippen molar-refractivity contribution in [1.29, 1.82) is 0 Å². The molecule has 0 aromatic heterocycles. The van der Waals surface area contributed by atoms with Crippen molar-refractivity contribution in [2.75, 3.05) is 20.7 Å². The average Bonchev–Trinajstić information content (AvgIpc) is 2.42. The third-order valence-electron chi connectivity index (χ3n) is 2.70. The van der Waals surface area contributed by atoms with Gasteiger partial charge in [0.1, 0.15) is 11.6 Å². The van der Waals surface area contributed by atoms with Gasteiger partial charge >= 0.3 is 17.9 Å². The quantitative estimate of drug-likeness (QED) is 0.344. The maximum Gasteiger partial charge on any atom is 0.323 e. The lowest BCUT2D eigenvalue weighted by atomic mass is 9.98. The smallest absolute Gasteiger partial charge is 0.323 e. The molecule has 0 bridgehead atoms. The van der Waals surface area contributed by atoms with Gasteiger partial charge in [-0.15, -0.1) is 0 Å². The maximum atomic E-state index is 11.1. The molecule has 10 nitrogen and oxygen atoms in total. The summed E-state index contributed by atoms with van der Waals surface area (Å²) in [6.45, 7) is 4.34. The number of rotatable bonds is 9. The Kier molecular flexibility index (Phi) is 15.0. The van der Waals surface area contributed by atoms with E-state index in [2.05, 4.69) is 0 Å². The van der Waals surface area contributed by atoms with Gasteiger partial charge in [0.15, 0.2) is 6.29 Å². The first-order valence-corrected chi connectivity index (χ1v) is 6.94. The second kappa shape index (κ2) is 13.4. The van der Waals surface area contributed by atoms with Gasteiger partial charge in [0.2, 0.25) is 0 Å². The molecule has 0 saturated carbocycles. The molecule has 0 amide bonds. The number of carboxylic acid groups (broad SMARTS) is 2. The lowest BCUT2D eigenvalue weighted by molar-refractivity contribution is -0.152. The van der Waals surface area contributed by atoms with Gasteiger partial charge in [-0.05, 0) is 27.4 Å². The zero-order valence-electron chi connectivity index (χ0n) is 14.3. The summed E-state index contributed by atoms with van der Waals surface area (Å²) in [5, 5.41) is 25.4. The fourth-order valence-electron chi connectivity index (χ4n) is 1.20. The highest BCUT2D eigenvalue weighted by Crippen LogP contribution is 2.11. The minimum atomic E-state index is -2.29. The molecule has 10 heteroatoms. The topological polar surface area (TPSA) is 173 Å². The van der Waals surface area contributed by atoms with Crippen molar-refractivity contribution in [3.8, 4) is 0 Å². The molecular formula is C14H27NO9. The van der Waals surface area contributed by atoms with Crippen LogP contribution in [0.4, 0.5) is 0 Å². The fourth-order valence-corrected chi connectivity index (χ4v) is 1.20. The van der Waals surface area contributed by atoms with Gasteiger partial charge in [-0.1, -0.05) is 6.92 Å². The van der Waals surface area contributed by atoms with E-state index in [1.807, 2.05) is 32.8 Å². The van der Waals surface area contributed by atoms with Gasteiger partial charge in [-0.2, -0.15) is 0 Å². The van der Waals surface area contributed by atoms with E-state index in [0.29, 0.717) is 6.61 Å². The van der Waals surface area contributed by atoms with Crippen LogP contribution < -0.4 is 0 Å². The predicted molar refractivity (Wildman–Crippen MR) is 83.5 cm³/mol. The van der Waals surface area contributed by atoms with E-state index in [4.69, 9.17) is 20.1 Å². The van der Waals surface area contributed by atoms with Crippen LogP contribution in [0.25, 0.3) is 0 Å². The molecule has 1 atom stereocenters. The monoisotopic (exact) mass is 353 g/mol. The minimum absolute atomic E-state index is 0. The summed E-state index contributed by atoms with van der Waals surface area (Å²) < 4.78 is 4.93. The first-order valence-electron chi connectivity index (χ1n) is 6.94. The van der Waals surface area contributed by atoms with Crippen LogP contribution in [0.3, 0.4) is 0 Å². The Labute approximate surface area is 140 Å². The van der Waals surface area contributed by atoms with E-state index in [1.165, 1.54) is 0 Å². The molecule has 0 saturated heterocycles. The summed E-state index contributed by atoms with van der Waals surface area (Å²) in [6, 6.07) is -0.137. The predicted octanol–water partition coefficient (Wildman–Crippen LogP) is -1.07. The molecule has 24 heavy (non-hydrogen) atoms. The standard InChI is InChI=1S/C8H17NO2.C6H8O6.H2O/c1-5-6-11-8(10)7(2)9(3)4;7-3-6(12,1-4(8)9)2-5(10)11;/h7H,5-6H2,1-4H3;3,12H,1-2H2,(H,8,9)(H,10,11);1H2. The molecule has 0 aromatic rings. The number of carbonyl (C=O) groups is 4. The van der Waals surface area contributed by atoms with Crippen LogP contribution in [0, 0.1) is 0 Å². The van der Waals surface area contributed by atoms with E-state index in [9.17, 15) is 19.2 Å². The first kappa shape index (κ1) is 26.8. The Morgan fingerprint density at radius 1 is 1.17 bits per heavy atom. The third kappa shape index (κ3) is 13.6. The van der Waals surface area contributed by atoms with Crippen molar-refractivity contribution < 1.29 is 44.7 Å². The number of aliphatic carboxylic acids is 2. The molecule has 0 aliphatic heterocycles. The van der Waals surface area contributed by atoms with Crippen molar-refractivity contribution in [1.82, 2.24) is 4.90 Å². The number of hydrogen-bond acceptors (Lipinski definition) is 7. The largest absolute Gasteiger partial charge is 0.481 e. The van der Waals surface area contributed by atoms with Crippen molar-refractivity contribution in [3.05, 3.63) is 0 Å². The minimum Gasteiger partial charge on any atom is -0.481 e. The Balaban J connectivity index is -0.000000354. The number of carbonyl (C=O) groups excluding carboxylic acids is 2. The highest BCUT2D eigenvalue weighted by atomic mass is 16.5. The first-order chi connectivity index (χ1) is 10.5. The number of aldehydes is 1. The van der Waals surface area contributed by atoms with Gasteiger partial charge in [0.05, 0.1) is 19.4 Å². The number of aliphatic hydroxyl groups is 1. The molecule has 1 unspecified atom stereocenters. The molecule has 0 rings (SSSR count). The normalized spacial score (nSPS) is 11.4. The lowest BCUT2D eigenvalue weighted by Crippen LogP contribution is -2.36. The Hall–Kier alpha value is -2.04. The highest BCUT2D eigenvalue weighted by molar-refractivity contribution is 5.81. The molecule has 142 valence electrons. The second-order valence-corrected chi connectivity index (χ2v) is 5.17. The maximum absolute atomic E-state index is 11.1. The molecule has 5 N–H and O–H groups in total. The number of nitrogens with zero attached hydrogens (tertiary/aromatic N) is 1. The number of esters is 1. The Morgan fingerprint density at radius 2 is 1.58 bits per heavy atom. The third-order valence-corrected chi connectivity index (χ3v) is 2.70. The Bertz CT molecular complexity index is 393. The van der Waals surface area contributed by atoms with Gasteiger partial charge in [0, 0.05) is 0 Å². The lowest BCUT2D eigenvalue weighted by Gasteiger charge is -2.17. The van der Waals surface area contributed by atoms with Crippen LogP contribution in [0.15, 0.2) is 0 Å². The Morgan fingerprint density at radius 3 is 1.83 bits per heavy atom. The highest BCUT2D eigenvalue weighted by Gasteiger charge is 2.32. The summed E-state index contributed by atoms with van der Waals surface area (Å²) in [5.41, 5.74) is -2.29. The average molecular weight is 353 g/mol. The molecule has 0 aromatic carbocycles. The zero-order chi connectivity index (χ0) is 18.6. The summed E-state index contributed by atoms with van der Waals surface area (Å²) in [5.74, 6) is -2.99. The van der Waals surface area contributed by atoms with E-state index in [-0.39, 0.29) is 23.8 Å². The van der Waals surface area contributed by atoms with Gasteiger partial charge in [0.25, 0.3) is 0 Å². The molecular weight excluding hydrogens is 326 g/mol. The van der Waals surface area contributed by atoms with Crippen molar-refractivity contribution >= 4 is 24.2 Å². The number of likely N-dealkylation sites (N-methyl/N-ethyl adjacent to an activating group) is 1. The molecule has 0 radical (unpaired) electrons. The summed E-state index contributed by atoms with van der Waals surface area (Å²) in [6.07, 6.45) is -0.993. The van der Waals surface area contributed by atoms with Gasteiger partial charge in [-0.25, -0.2) is 0 Å². The molecule has 0 heterocycles. The number of carboxylic acids is 2. The van der Waals surface area contributed by atoms with Crippen LogP contribution in [0.2, 0.25) is 0 Å². The summed E-state index contributed by atoms with van der Waals surface area (Å²) >= 11 is 0. The van der Waals surface area contributed by atoms with Crippen LogP contribution >= 0.6 is 0 Å². The van der Waals surface area contributed by atoms with Crippen molar-refractivity contribution in [2.45, 2.75) is 44.8 Å². The van der Waals surface area contributed by atoms with Crippen LogP contribution in [0.1, 0.15) is 33.1 Å². The second-order valence-electron chi connectivity index (χ2n) is 5.17. The van der Waals surface area contributed by atoms with Crippen LogP contribution in [-0.2, 0) is 23.9 Å². The SMILES string of the molecule is CCCOC(=O)C(C)N(C)C.O.O=CC(O)(CC(=O)O)CC(=O)O. The zero-order valence-corrected chi connectivity index (χ0v) is 14.3. The van der Waals surface area contributed by atoms with E-state index in [1.54, 1.807) is 0 Å². The van der Waals surface area contributed by atoms with Crippen LogP contribution in [0.5, 0.6) is 0 Å².